The minimum atomic E-state index is 0.432. The molecule has 0 spiro atoms. The summed E-state index contributed by atoms with van der Waals surface area (Å²) in [5.74, 6) is 0. The molecule has 0 rings (SSSR count). The van der Waals surface area contributed by atoms with E-state index in [0.717, 1.165) is 51.8 Å². The summed E-state index contributed by atoms with van der Waals surface area (Å²) >= 11 is 0.799. The zero-order valence-electron chi connectivity index (χ0n) is 4.02. The van der Waals surface area contributed by atoms with Crippen molar-refractivity contribution in [3.63, 3.8) is 0 Å². The Morgan fingerprint density at radius 2 is 2.50 bits per heavy atom. The molecule has 0 bridgehead atoms. The first-order valence-corrected chi connectivity index (χ1v) is 11.1. The summed E-state index contributed by atoms with van der Waals surface area (Å²) in [7, 11) is 0. The second-order valence-corrected chi connectivity index (χ2v) is 6.05. The van der Waals surface area contributed by atoms with E-state index >= 15 is 0 Å². The molecule has 0 aliphatic carbocycles. The van der Waals surface area contributed by atoms with Gasteiger partial charge in [-0.15, -0.1) is 0 Å². The van der Waals surface area contributed by atoms with Crippen LogP contribution in [0.4, 0.5) is 0 Å². The van der Waals surface area contributed by atoms with Crippen LogP contribution in [0, 0.1) is 0 Å². The molecule has 0 aromatic heterocycles. The molecule has 6 heavy (non-hydrogen) atoms. The predicted octanol–water partition coefficient (Wildman–Crippen LogP) is -0.289. The fourth-order valence-electron chi connectivity index (χ4n) is 0.144. The number of rotatable bonds is 2. The Hall–Kier alpha value is 1.83. The molecule has 3 heteroatoms. The maximum atomic E-state index is 10.3. The molecular formula is C3H5KOSe. The standard InChI is InChI=1S/C3H6OSe.K/c1-2-3(4)5;/h2H2,1H3,(H,4,5);/q;+1/p-1. The van der Waals surface area contributed by atoms with Crippen molar-refractivity contribution in [3.8, 4) is 0 Å². The molecule has 0 saturated heterocycles. The molecule has 0 aliphatic heterocycles. The van der Waals surface area contributed by atoms with Gasteiger partial charge in [0.05, 0.1) is 0 Å². The van der Waals surface area contributed by atoms with Gasteiger partial charge in [0.25, 0.3) is 0 Å². The van der Waals surface area contributed by atoms with Crippen molar-refractivity contribution in [3.05, 3.63) is 0 Å². The Labute approximate surface area is 72.1 Å². The average molecular weight is 175 g/mol. The summed E-state index contributed by atoms with van der Waals surface area (Å²) in [5.41, 5.74) is 0.432. The van der Waals surface area contributed by atoms with E-state index in [9.17, 15) is 4.79 Å². The van der Waals surface area contributed by atoms with Gasteiger partial charge in [0, 0.05) is 0 Å². The molecule has 1 nitrogen and oxygen atoms in total. The zero-order valence-corrected chi connectivity index (χ0v) is 8.86. The second kappa shape index (κ2) is 4.97. The monoisotopic (exact) mass is 176 g/mol. The molecule has 0 fully saturated rings. The maximum absolute atomic E-state index is 10.3. The van der Waals surface area contributed by atoms with Crippen LogP contribution in [0.15, 0.2) is 0 Å². The van der Waals surface area contributed by atoms with E-state index in [1.165, 1.54) is 0 Å². The van der Waals surface area contributed by atoms with Gasteiger partial charge in [0.15, 0.2) is 0 Å². The van der Waals surface area contributed by atoms with Crippen molar-refractivity contribution in [1.82, 2.24) is 0 Å². The van der Waals surface area contributed by atoms with Gasteiger partial charge in [-0.3, -0.25) is 0 Å². The first-order chi connectivity index (χ1) is 2.81. The van der Waals surface area contributed by atoms with Crippen LogP contribution in [0.1, 0.15) is 13.3 Å². The first kappa shape index (κ1) is 7.83. The summed E-state index contributed by atoms with van der Waals surface area (Å²) < 4.78 is 0.488. The summed E-state index contributed by atoms with van der Waals surface area (Å²) in [6, 6.07) is 0. The first-order valence-electron chi connectivity index (χ1n) is 1.88. The van der Waals surface area contributed by atoms with Gasteiger partial charge in [-0.2, -0.15) is 0 Å². The quantitative estimate of drug-likeness (QED) is 0.527. The van der Waals surface area contributed by atoms with Crippen LogP contribution in [0.2, 0.25) is 0 Å². The third-order valence-corrected chi connectivity index (χ3v) is 5.77. The van der Waals surface area contributed by atoms with E-state index < -0.39 is 0 Å². The Balaban J connectivity index is 2.99. The van der Waals surface area contributed by atoms with Crippen molar-refractivity contribution >= 4 is 55.7 Å². The van der Waals surface area contributed by atoms with Crippen molar-refractivity contribution in [1.29, 1.82) is 0 Å². The van der Waals surface area contributed by atoms with Crippen LogP contribution in [0.3, 0.4) is 0 Å². The van der Waals surface area contributed by atoms with Crippen LogP contribution in [-0.4, -0.2) is 55.7 Å². The molecule has 0 heterocycles. The SMILES string of the molecule is CCC(=O)[Se][K]. The van der Waals surface area contributed by atoms with Crippen LogP contribution in [0.25, 0.3) is 0 Å². The Bertz CT molecular complexity index is 48.8. The fourth-order valence-corrected chi connectivity index (χ4v) is 3.09. The van der Waals surface area contributed by atoms with Crippen molar-refractivity contribution in [2.45, 2.75) is 13.3 Å². The van der Waals surface area contributed by atoms with Crippen molar-refractivity contribution in [2.24, 2.45) is 0 Å². The van der Waals surface area contributed by atoms with Crippen LogP contribution in [-0.2, 0) is 4.79 Å². The Kier molecular flexibility index (Phi) is 6.49. The van der Waals surface area contributed by atoms with Gasteiger partial charge in [-0.05, 0) is 0 Å². The topological polar surface area (TPSA) is 17.1 Å². The van der Waals surface area contributed by atoms with Gasteiger partial charge >= 0.3 is 73.8 Å². The zero-order chi connectivity index (χ0) is 4.99. The van der Waals surface area contributed by atoms with E-state index in [0.29, 0.717) is 10.3 Å². The molecule has 0 aliphatic rings. The summed E-state index contributed by atoms with van der Waals surface area (Å²) in [4.78, 5) is 10.3. The predicted molar refractivity (Wildman–Crippen MR) is 26.8 cm³/mol. The number of hydrogen-bond acceptors (Lipinski definition) is 1. The molecule has 0 atom stereocenters. The molecule has 0 aromatic rings. The Morgan fingerprint density at radius 1 is 2.00 bits per heavy atom. The van der Waals surface area contributed by atoms with Gasteiger partial charge in [-0.25, -0.2) is 0 Å². The van der Waals surface area contributed by atoms with Gasteiger partial charge in [0.2, 0.25) is 0 Å². The summed E-state index contributed by atoms with van der Waals surface area (Å²) in [5, 5.41) is 0. The van der Waals surface area contributed by atoms with E-state index in [2.05, 4.69) is 0 Å². The van der Waals surface area contributed by atoms with Crippen molar-refractivity contribution < 1.29 is 4.79 Å². The van der Waals surface area contributed by atoms with Crippen LogP contribution >= 0.6 is 0 Å². The molecule has 0 unspecified atom stereocenters. The van der Waals surface area contributed by atoms with E-state index in [1.54, 1.807) is 0 Å². The summed E-state index contributed by atoms with van der Waals surface area (Å²) in [6.45, 7) is 1.93. The van der Waals surface area contributed by atoms with E-state index in [4.69, 9.17) is 0 Å². The third kappa shape index (κ3) is 4.00. The fraction of sp³-hybridized carbons (Fsp3) is 0.667. The average Bonchev–Trinajstić information content (AvgIpc) is 1.65. The molecule has 0 saturated carbocycles. The number of carbonyl (C=O) groups is 1. The van der Waals surface area contributed by atoms with Crippen molar-refractivity contribution in [2.75, 3.05) is 0 Å². The minimum absolute atomic E-state index is 0.432. The summed E-state index contributed by atoms with van der Waals surface area (Å²) in [6.07, 6.45) is 0.766. The van der Waals surface area contributed by atoms with Gasteiger partial charge in [0.1, 0.15) is 0 Å². The molecule has 0 aromatic carbocycles. The van der Waals surface area contributed by atoms with Gasteiger partial charge in [-0.1, -0.05) is 0 Å². The molecular weight excluding hydrogens is 170 g/mol. The van der Waals surface area contributed by atoms with E-state index in [-0.39, 0.29) is 0 Å². The second-order valence-electron chi connectivity index (χ2n) is 0.930. The molecule has 0 radical (unpaired) electrons. The molecule has 0 amide bonds. The number of carbonyl (C=O) groups excluding carboxylic acids is 1. The Morgan fingerprint density at radius 3 is 2.50 bits per heavy atom. The van der Waals surface area contributed by atoms with E-state index in [1.807, 2.05) is 6.92 Å². The third-order valence-electron chi connectivity index (χ3n) is 0.516. The number of hydrogen-bond donors (Lipinski definition) is 0. The van der Waals surface area contributed by atoms with Crippen LogP contribution in [0.5, 0.6) is 0 Å². The van der Waals surface area contributed by atoms with Gasteiger partial charge < -0.3 is 0 Å². The molecule has 30 valence electrons. The normalized spacial score (nSPS) is 8.50. The molecule has 0 N–H and O–H groups in total. The van der Waals surface area contributed by atoms with Crippen LogP contribution < -0.4 is 0 Å².